The second-order valence-electron chi connectivity index (χ2n) is 4.63. The maximum Gasteiger partial charge on any atom is 0.0701 e. The monoisotopic (exact) mass is 332 g/mol. The molecule has 1 N–H and O–H groups in total. The van der Waals surface area contributed by atoms with E-state index in [2.05, 4.69) is 45.2 Å². The molecule has 0 spiro atoms. The molecule has 1 atom stereocenters. The van der Waals surface area contributed by atoms with Crippen LogP contribution < -0.4 is 5.32 Å². The Kier molecular flexibility index (Phi) is 6.11. The molecule has 1 fully saturated rings. The third kappa shape index (κ3) is 4.63. The van der Waals surface area contributed by atoms with E-state index in [0.29, 0.717) is 6.04 Å². The first kappa shape index (κ1) is 14.5. The highest BCUT2D eigenvalue weighted by Gasteiger charge is 2.10. The van der Waals surface area contributed by atoms with Crippen molar-refractivity contribution in [3.8, 4) is 0 Å². The Balaban J connectivity index is 1.60. The maximum atomic E-state index is 5.34. The van der Waals surface area contributed by atoms with E-state index in [-0.39, 0.29) is 0 Å². The molecule has 1 aliphatic heterocycles. The summed E-state index contributed by atoms with van der Waals surface area (Å²) in [5.74, 6) is 0. The van der Waals surface area contributed by atoms with Crippen LogP contribution in [0.3, 0.4) is 0 Å². The van der Waals surface area contributed by atoms with Crippen molar-refractivity contribution in [2.45, 2.75) is 19.4 Å². The summed E-state index contributed by atoms with van der Waals surface area (Å²) in [5.41, 5.74) is 0. The molecule has 3 nitrogen and oxygen atoms in total. The number of thiophene rings is 1. The predicted octanol–water partition coefficient (Wildman–Crippen LogP) is 2.88. The van der Waals surface area contributed by atoms with Crippen molar-refractivity contribution in [2.75, 3.05) is 39.4 Å². The Morgan fingerprint density at radius 1 is 1.44 bits per heavy atom. The lowest BCUT2D eigenvalue weighted by Crippen LogP contribution is -2.37. The van der Waals surface area contributed by atoms with Crippen molar-refractivity contribution in [1.82, 2.24) is 10.2 Å². The van der Waals surface area contributed by atoms with Crippen molar-refractivity contribution in [2.24, 2.45) is 0 Å². The molecule has 1 aliphatic rings. The van der Waals surface area contributed by atoms with E-state index < -0.39 is 0 Å². The summed E-state index contributed by atoms with van der Waals surface area (Å²) in [6.45, 7) is 8.46. The fourth-order valence-corrected chi connectivity index (χ4v) is 3.56. The van der Waals surface area contributed by atoms with E-state index in [9.17, 15) is 0 Å². The second-order valence-corrected chi connectivity index (χ2v) is 7.12. The Labute approximate surface area is 122 Å². The van der Waals surface area contributed by atoms with Gasteiger partial charge in [0, 0.05) is 24.0 Å². The second kappa shape index (κ2) is 7.60. The minimum atomic E-state index is 0.450. The molecule has 1 saturated heterocycles. The first-order chi connectivity index (χ1) is 8.75. The lowest BCUT2D eigenvalue weighted by atomic mass is 10.2. The van der Waals surface area contributed by atoms with Crippen molar-refractivity contribution in [3.05, 3.63) is 20.8 Å². The minimum absolute atomic E-state index is 0.450. The summed E-state index contributed by atoms with van der Waals surface area (Å²) in [6.07, 6.45) is 1.21. The number of morpholine rings is 1. The Bertz CT molecular complexity index is 353. The molecule has 0 radical (unpaired) electrons. The zero-order valence-corrected chi connectivity index (χ0v) is 13.2. The average Bonchev–Trinajstić information content (AvgIpc) is 2.82. The van der Waals surface area contributed by atoms with Crippen LogP contribution in [0.5, 0.6) is 0 Å². The molecule has 1 aromatic rings. The highest BCUT2D eigenvalue weighted by atomic mass is 79.9. The van der Waals surface area contributed by atoms with E-state index in [1.54, 1.807) is 0 Å². The lowest BCUT2D eigenvalue weighted by molar-refractivity contribution is 0.0374. The normalized spacial score (nSPS) is 19.0. The summed E-state index contributed by atoms with van der Waals surface area (Å²) < 4.78 is 6.55. The van der Waals surface area contributed by atoms with Gasteiger partial charge in [0.25, 0.3) is 0 Å². The third-order valence-electron chi connectivity index (χ3n) is 3.23. The number of halogens is 1. The third-order valence-corrected chi connectivity index (χ3v) is 5.03. The standard InChI is InChI=1S/C13H21BrN2OS/c1-11(12-3-4-13(14)18-12)15-5-2-6-16-7-9-17-10-8-16/h3-4,11,15H,2,5-10H2,1H3. The van der Waals surface area contributed by atoms with Gasteiger partial charge in [-0.05, 0) is 54.5 Å². The van der Waals surface area contributed by atoms with Crippen LogP contribution in [0.25, 0.3) is 0 Å². The average molecular weight is 333 g/mol. The van der Waals surface area contributed by atoms with Gasteiger partial charge in [-0.1, -0.05) is 0 Å². The van der Waals surface area contributed by atoms with Crippen molar-refractivity contribution in [1.29, 1.82) is 0 Å². The van der Waals surface area contributed by atoms with Gasteiger partial charge >= 0.3 is 0 Å². The van der Waals surface area contributed by atoms with Gasteiger partial charge in [-0.15, -0.1) is 11.3 Å². The highest BCUT2D eigenvalue weighted by Crippen LogP contribution is 2.26. The van der Waals surface area contributed by atoms with Gasteiger partial charge in [-0.3, -0.25) is 4.90 Å². The van der Waals surface area contributed by atoms with E-state index in [0.717, 1.165) is 32.8 Å². The largest absolute Gasteiger partial charge is 0.379 e. The molecule has 2 rings (SSSR count). The van der Waals surface area contributed by atoms with Crippen LogP contribution in [-0.2, 0) is 4.74 Å². The lowest BCUT2D eigenvalue weighted by Gasteiger charge is -2.26. The molecule has 18 heavy (non-hydrogen) atoms. The van der Waals surface area contributed by atoms with Crippen LogP contribution >= 0.6 is 27.3 Å². The van der Waals surface area contributed by atoms with Crippen LogP contribution in [0.1, 0.15) is 24.3 Å². The molecule has 0 aliphatic carbocycles. The van der Waals surface area contributed by atoms with Gasteiger partial charge in [0.2, 0.25) is 0 Å². The van der Waals surface area contributed by atoms with Gasteiger partial charge < -0.3 is 10.1 Å². The highest BCUT2D eigenvalue weighted by molar-refractivity contribution is 9.11. The van der Waals surface area contributed by atoms with Gasteiger partial charge in [0.05, 0.1) is 17.0 Å². The van der Waals surface area contributed by atoms with E-state index in [4.69, 9.17) is 4.74 Å². The molecule has 1 aromatic heterocycles. The molecule has 0 bridgehead atoms. The molecular formula is C13H21BrN2OS. The zero-order chi connectivity index (χ0) is 12.8. The van der Waals surface area contributed by atoms with E-state index in [1.807, 2.05) is 11.3 Å². The Morgan fingerprint density at radius 2 is 2.22 bits per heavy atom. The fourth-order valence-electron chi connectivity index (χ4n) is 2.11. The molecular weight excluding hydrogens is 312 g/mol. The summed E-state index contributed by atoms with van der Waals surface area (Å²) in [5, 5.41) is 3.58. The number of rotatable bonds is 6. The van der Waals surface area contributed by atoms with Crippen LogP contribution in [0.2, 0.25) is 0 Å². The zero-order valence-electron chi connectivity index (χ0n) is 10.8. The van der Waals surface area contributed by atoms with Gasteiger partial charge in [0.1, 0.15) is 0 Å². The number of nitrogens with zero attached hydrogens (tertiary/aromatic N) is 1. The number of ether oxygens (including phenoxy) is 1. The number of nitrogens with one attached hydrogen (secondary N) is 1. The summed E-state index contributed by atoms with van der Waals surface area (Å²) in [7, 11) is 0. The first-order valence-electron chi connectivity index (χ1n) is 6.54. The van der Waals surface area contributed by atoms with Crippen LogP contribution in [0.15, 0.2) is 15.9 Å². The quantitative estimate of drug-likeness (QED) is 0.810. The van der Waals surface area contributed by atoms with Crippen LogP contribution in [-0.4, -0.2) is 44.3 Å². The molecule has 2 heterocycles. The van der Waals surface area contributed by atoms with Crippen molar-refractivity contribution in [3.63, 3.8) is 0 Å². The maximum absolute atomic E-state index is 5.34. The fraction of sp³-hybridized carbons (Fsp3) is 0.692. The smallest absolute Gasteiger partial charge is 0.0701 e. The van der Waals surface area contributed by atoms with Crippen LogP contribution in [0.4, 0.5) is 0 Å². The van der Waals surface area contributed by atoms with Gasteiger partial charge in [-0.2, -0.15) is 0 Å². The molecule has 102 valence electrons. The SMILES string of the molecule is CC(NCCCN1CCOCC1)c1ccc(Br)s1. The molecule has 1 unspecified atom stereocenters. The topological polar surface area (TPSA) is 24.5 Å². The van der Waals surface area contributed by atoms with Crippen molar-refractivity contribution < 1.29 is 4.74 Å². The minimum Gasteiger partial charge on any atom is -0.379 e. The summed E-state index contributed by atoms with van der Waals surface area (Å²) >= 11 is 5.32. The summed E-state index contributed by atoms with van der Waals surface area (Å²) in [4.78, 5) is 3.88. The predicted molar refractivity (Wildman–Crippen MR) is 80.3 cm³/mol. The Morgan fingerprint density at radius 3 is 2.89 bits per heavy atom. The molecule has 5 heteroatoms. The van der Waals surface area contributed by atoms with Crippen LogP contribution in [0, 0.1) is 0 Å². The van der Waals surface area contributed by atoms with Crippen molar-refractivity contribution >= 4 is 27.3 Å². The van der Waals surface area contributed by atoms with E-state index >= 15 is 0 Å². The summed E-state index contributed by atoms with van der Waals surface area (Å²) in [6, 6.07) is 4.76. The molecule has 0 aromatic carbocycles. The first-order valence-corrected chi connectivity index (χ1v) is 8.15. The molecule has 0 amide bonds. The number of hydrogen-bond donors (Lipinski definition) is 1. The van der Waals surface area contributed by atoms with Gasteiger partial charge in [-0.25, -0.2) is 0 Å². The van der Waals surface area contributed by atoms with Gasteiger partial charge in [0.15, 0.2) is 0 Å². The molecule has 0 saturated carbocycles. The van der Waals surface area contributed by atoms with E-state index in [1.165, 1.54) is 21.6 Å². The Hall–Kier alpha value is 0.0600. The number of hydrogen-bond acceptors (Lipinski definition) is 4.